The van der Waals surface area contributed by atoms with Gasteiger partial charge in [-0.25, -0.2) is 10.6 Å². The van der Waals surface area contributed by atoms with Gasteiger partial charge in [-0.1, -0.05) is 13.3 Å². The standard InChI is InChI=1S/C14H29N3O4/c1-2-3-8-19-10-12-21-13-11-20-9-7-16-5-4-6-17(15)14(16)18/h2-13,15H2,1H3. The molecule has 0 bridgehead atoms. The van der Waals surface area contributed by atoms with Gasteiger partial charge < -0.3 is 19.1 Å². The lowest BCUT2D eigenvalue weighted by molar-refractivity contribution is 0.0100. The van der Waals surface area contributed by atoms with Gasteiger partial charge in [0.15, 0.2) is 0 Å². The van der Waals surface area contributed by atoms with Crippen LogP contribution in [0.15, 0.2) is 0 Å². The molecular formula is C14H29N3O4. The number of hydrazine groups is 1. The highest BCUT2D eigenvalue weighted by Gasteiger charge is 2.22. The molecule has 124 valence electrons. The Hall–Kier alpha value is -0.890. The van der Waals surface area contributed by atoms with Crippen LogP contribution >= 0.6 is 0 Å². The van der Waals surface area contributed by atoms with Crippen molar-refractivity contribution in [2.45, 2.75) is 26.2 Å². The molecule has 1 rings (SSSR count). The van der Waals surface area contributed by atoms with Crippen LogP contribution in [0.4, 0.5) is 4.79 Å². The molecule has 0 aromatic carbocycles. The SMILES string of the molecule is CCCCOCCOCCOCCN1CCCN(N)C1=O. The maximum Gasteiger partial charge on any atom is 0.334 e. The fourth-order valence-corrected chi connectivity index (χ4v) is 1.98. The lowest BCUT2D eigenvalue weighted by Gasteiger charge is -2.32. The summed E-state index contributed by atoms with van der Waals surface area (Å²) in [6.45, 7) is 7.72. The molecule has 2 amide bonds. The average molecular weight is 303 g/mol. The number of ether oxygens (including phenoxy) is 3. The van der Waals surface area contributed by atoms with Crippen molar-refractivity contribution >= 4 is 6.03 Å². The first-order valence-electron chi connectivity index (χ1n) is 7.80. The molecule has 21 heavy (non-hydrogen) atoms. The van der Waals surface area contributed by atoms with Gasteiger partial charge in [0.25, 0.3) is 0 Å². The van der Waals surface area contributed by atoms with E-state index in [-0.39, 0.29) is 6.03 Å². The number of hydrogen-bond acceptors (Lipinski definition) is 5. The molecule has 1 saturated heterocycles. The van der Waals surface area contributed by atoms with Gasteiger partial charge in [0.1, 0.15) is 0 Å². The summed E-state index contributed by atoms with van der Waals surface area (Å²) in [6.07, 6.45) is 3.15. The maximum atomic E-state index is 11.7. The predicted molar refractivity (Wildman–Crippen MR) is 79.8 cm³/mol. The highest BCUT2D eigenvalue weighted by molar-refractivity contribution is 5.74. The second-order valence-electron chi connectivity index (χ2n) is 5.01. The monoisotopic (exact) mass is 303 g/mol. The predicted octanol–water partition coefficient (Wildman–Crippen LogP) is 0.838. The molecule has 1 fully saturated rings. The summed E-state index contributed by atoms with van der Waals surface area (Å²) in [5, 5.41) is 1.26. The van der Waals surface area contributed by atoms with Gasteiger partial charge in [0, 0.05) is 26.2 Å². The maximum absolute atomic E-state index is 11.7. The zero-order valence-electron chi connectivity index (χ0n) is 13.1. The fourth-order valence-electron chi connectivity index (χ4n) is 1.98. The summed E-state index contributed by atoms with van der Waals surface area (Å²) in [4.78, 5) is 13.4. The Balaban J connectivity index is 1.85. The summed E-state index contributed by atoms with van der Waals surface area (Å²) in [7, 11) is 0. The molecule has 0 atom stereocenters. The molecule has 7 nitrogen and oxygen atoms in total. The molecule has 0 aromatic rings. The first-order chi connectivity index (χ1) is 10.3. The van der Waals surface area contributed by atoms with E-state index in [4.69, 9.17) is 20.1 Å². The number of carbonyl (C=O) groups excluding carboxylic acids is 1. The second-order valence-corrected chi connectivity index (χ2v) is 5.01. The third kappa shape index (κ3) is 8.21. The number of unbranched alkanes of at least 4 members (excludes halogenated alkanes) is 1. The van der Waals surface area contributed by atoms with Crippen LogP contribution in [0.2, 0.25) is 0 Å². The second kappa shape index (κ2) is 11.7. The van der Waals surface area contributed by atoms with E-state index in [0.29, 0.717) is 46.1 Å². The summed E-state index contributed by atoms with van der Waals surface area (Å²) >= 11 is 0. The van der Waals surface area contributed by atoms with Crippen LogP contribution in [0.25, 0.3) is 0 Å². The minimum atomic E-state index is -0.120. The minimum absolute atomic E-state index is 0.120. The summed E-state index contributed by atoms with van der Waals surface area (Å²) in [6, 6.07) is -0.120. The van der Waals surface area contributed by atoms with Crippen molar-refractivity contribution in [3.8, 4) is 0 Å². The van der Waals surface area contributed by atoms with Gasteiger partial charge in [0.2, 0.25) is 0 Å². The van der Waals surface area contributed by atoms with Gasteiger partial charge in [-0.3, -0.25) is 5.01 Å². The largest absolute Gasteiger partial charge is 0.379 e. The Morgan fingerprint density at radius 3 is 2.29 bits per heavy atom. The van der Waals surface area contributed by atoms with Crippen molar-refractivity contribution in [3.63, 3.8) is 0 Å². The van der Waals surface area contributed by atoms with Crippen LogP contribution in [0.1, 0.15) is 26.2 Å². The molecule has 0 spiro atoms. The van der Waals surface area contributed by atoms with E-state index >= 15 is 0 Å². The van der Waals surface area contributed by atoms with Crippen molar-refractivity contribution in [3.05, 3.63) is 0 Å². The molecule has 0 radical (unpaired) electrons. The van der Waals surface area contributed by atoms with Crippen molar-refractivity contribution in [2.75, 3.05) is 59.3 Å². The molecule has 0 aliphatic carbocycles. The van der Waals surface area contributed by atoms with Crippen LogP contribution in [0.5, 0.6) is 0 Å². The minimum Gasteiger partial charge on any atom is -0.379 e. The van der Waals surface area contributed by atoms with Crippen LogP contribution in [-0.2, 0) is 14.2 Å². The van der Waals surface area contributed by atoms with E-state index in [1.165, 1.54) is 5.01 Å². The van der Waals surface area contributed by atoms with Crippen molar-refractivity contribution in [1.29, 1.82) is 0 Å². The fraction of sp³-hybridized carbons (Fsp3) is 0.929. The van der Waals surface area contributed by atoms with Crippen LogP contribution < -0.4 is 5.84 Å². The summed E-state index contributed by atoms with van der Waals surface area (Å²) in [5.41, 5.74) is 0. The van der Waals surface area contributed by atoms with Gasteiger partial charge in [-0.15, -0.1) is 0 Å². The normalized spacial score (nSPS) is 15.8. The topological polar surface area (TPSA) is 77.3 Å². The summed E-state index contributed by atoms with van der Waals surface area (Å²) in [5.74, 6) is 5.57. The molecule has 2 N–H and O–H groups in total. The van der Waals surface area contributed by atoms with Crippen LogP contribution in [0, 0.1) is 0 Å². The van der Waals surface area contributed by atoms with Crippen LogP contribution in [0.3, 0.4) is 0 Å². The smallest absolute Gasteiger partial charge is 0.334 e. The number of rotatable bonds is 12. The Bertz CT molecular complexity index is 279. The third-order valence-electron chi connectivity index (χ3n) is 3.24. The lowest BCUT2D eigenvalue weighted by Crippen LogP contribution is -2.53. The Kier molecular flexibility index (Phi) is 10.1. The molecule has 0 unspecified atom stereocenters. The average Bonchev–Trinajstić information content (AvgIpc) is 2.49. The molecular weight excluding hydrogens is 274 g/mol. The first kappa shape index (κ1) is 18.2. The Morgan fingerprint density at radius 1 is 1.00 bits per heavy atom. The summed E-state index contributed by atoms with van der Waals surface area (Å²) < 4.78 is 16.2. The van der Waals surface area contributed by atoms with E-state index in [1.807, 2.05) is 0 Å². The highest BCUT2D eigenvalue weighted by Crippen LogP contribution is 2.04. The molecule has 1 aliphatic heterocycles. The van der Waals surface area contributed by atoms with E-state index in [2.05, 4.69) is 6.92 Å². The Labute approximate surface area is 127 Å². The molecule has 0 saturated carbocycles. The molecule has 1 heterocycles. The van der Waals surface area contributed by atoms with Crippen molar-refractivity contribution in [2.24, 2.45) is 5.84 Å². The van der Waals surface area contributed by atoms with Crippen molar-refractivity contribution in [1.82, 2.24) is 9.91 Å². The van der Waals surface area contributed by atoms with E-state index < -0.39 is 0 Å². The van der Waals surface area contributed by atoms with E-state index in [0.717, 1.165) is 32.4 Å². The van der Waals surface area contributed by atoms with Gasteiger partial charge in [-0.05, 0) is 12.8 Å². The third-order valence-corrected chi connectivity index (χ3v) is 3.24. The molecule has 1 aliphatic rings. The number of nitrogens with two attached hydrogens (primary N) is 1. The number of amides is 2. The number of nitrogens with zero attached hydrogens (tertiary/aromatic N) is 2. The zero-order chi connectivity index (χ0) is 15.3. The number of hydrogen-bond donors (Lipinski definition) is 1. The quantitative estimate of drug-likeness (QED) is 0.328. The molecule has 7 heteroatoms. The van der Waals surface area contributed by atoms with E-state index in [1.54, 1.807) is 4.90 Å². The molecule has 0 aromatic heterocycles. The van der Waals surface area contributed by atoms with Crippen LogP contribution in [-0.4, -0.2) is 75.2 Å². The lowest BCUT2D eigenvalue weighted by atomic mass is 10.3. The zero-order valence-corrected chi connectivity index (χ0v) is 13.1. The number of carbonyl (C=O) groups is 1. The van der Waals surface area contributed by atoms with Crippen molar-refractivity contribution < 1.29 is 19.0 Å². The highest BCUT2D eigenvalue weighted by atomic mass is 16.5. The van der Waals surface area contributed by atoms with E-state index in [9.17, 15) is 4.79 Å². The van der Waals surface area contributed by atoms with Gasteiger partial charge >= 0.3 is 6.03 Å². The number of urea groups is 1. The van der Waals surface area contributed by atoms with Gasteiger partial charge in [0.05, 0.1) is 33.0 Å². The first-order valence-corrected chi connectivity index (χ1v) is 7.80. The van der Waals surface area contributed by atoms with Gasteiger partial charge in [-0.2, -0.15) is 0 Å². The Morgan fingerprint density at radius 2 is 1.62 bits per heavy atom.